The molecule has 1 heterocycles. The summed E-state index contributed by atoms with van der Waals surface area (Å²) in [5.41, 5.74) is 1.18. The summed E-state index contributed by atoms with van der Waals surface area (Å²) < 4.78 is 9.49. The first-order valence-corrected chi connectivity index (χ1v) is 8.09. The second-order valence-corrected chi connectivity index (χ2v) is 5.79. The van der Waals surface area contributed by atoms with E-state index in [0.717, 1.165) is 10.4 Å². The first kappa shape index (κ1) is 17.7. The molecule has 0 aliphatic rings. The molecule has 2 aromatic rings. The third-order valence-electron chi connectivity index (χ3n) is 3.07. The first-order chi connectivity index (χ1) is 11.5. The molecular formula is C17H17NO5S. The summed E-state index contributed by atoms with van der Waals surface area (Å²) in [4.78, 5) is 36.0. The first-order valence-electron chi connectivity index (χ1n) is 7.28. The zero-order valence-corrected chi connectivity index (χ0v) is 14.1. The Morgan fingerprint density at radius 3 is 2.50 bits per heavy atom. The Bertz CT molecular complexity index is 739. The average molecular weight is 347 g/mol. The molecule has 0 unspecified atom stereocenters. The van der Waals surface area contributed by atoms with Gasteiger partial charge in [-0.3, -0.25) is 9.59 Å². The molecule has 1 N–H and O–H groups in total. The minimum Gasteiger partial charge on any atom is -0.469 e. The number of hydrogen-bond acceptors (Lipinski definition) is 6. The molecule has 0 aliphatic heterocycles. The number of carbonyl (C=O) groups excluding carboxylic acids is 3. The van der Waals surface area contributed by atoms with Crippen molar-refractivity contribution >= 4 is 34.2 Å². The number of ether oxygens (including phenoxy) is 2. The lowest BCUT2D eigenvalue weighted by molar-refractivity contribution is -0.142. The van der Waals surface area contributed by atoms with E-state index in [1.807, 2.05) is 30.3 Å². The van der Waals surface area contributed by atoms with Crippen LogP contribution in [0.2, 0.25) is 0 Å². The number of nitrogens with one attached hydrogen (secondary N) is 1. The Balaban J connectivity index is 2.30. The van der Waals surface area contributed by atoms with Gasteiger partial charge in [0.05, 0.1) is 19.3 Å². The molecule has 6 nitrogen and oxygen atoms in total. The largest absolute Gasteiger partial charge is 0.469 e. The van der Waals surface area contributed by atoms with Crippen molar-refractivity contribution in [3.05, 3.63) is 42.0 Å². The third kappa shape index (κ3) is 4.42. The molecule has 0 saturated carbocycles. The normalized spacial score (nSPS) is 10.1. The van der Waals surface area contributed by atoms with Gasteiger partial charge in [0, 0.05) is 4.88 Å². The van der Waals surface area contributed by atoms with Crippen molar-refractivity contribution in [1.29, 1.82) is 0 Å². The van der Waals surface area contributed by atoms with E-state index in [-0.39, 0.29) is 12.2 Å². The fourth-order valence-electron chi connectivity index (χ4n) is 1.96. The van der Waals surface area contributed by atoms with Gasteiger partial charge in [-0.25, -0.2) is 4.79 Å². The van der Waals surface area contributed by atoms with Gasteiger partial charge in [-0.1, -0.05) is 30.3 Å². The van der Waals surface area contributed by atoms with Crippen LogP contribution in [0.1, 0.15) is 23.7 Å². The molecule has 0 atom stereocenters. The number of hydrogen-bond donors (Lipinski definition) is 1. The summed E-state index contributed by atoms with van der Waals surface area (Å²) >= 11 is 1.24. The van der Waals surface area contributed by atoms with Crippen LogP contribution in [-0.2, 0) is 19.1 Å². The predicted molar refractivity (Wildman–Crippen MR) is 91.0 cm³/mol. The molecule has 1 amide bonds. The SMILES string of the molecule is CCOC(=O)c1cc(-c2ccccc2)sc1NC(=O)CC(=O)OC. The van der Waals surface area contributed by atoms with Gasteiger partial charge in [0.2, 0.25) is 5.91 Å². The van der Waals surface area contributed by atoms with Gasteiger partial charge >= 0.3 is 11.9 Å². The molecule has 2 rings (SSSR count). The minimum absolute atomic E-state index is 0.227. The second kappa shape index (κ2) is 8.26. The Morgan fingerprint density at radius 2 is 1.88 bits per heavy atom. The maximum absolute atomic E-state index is 12.1. The molecule has 0 aliphatic carbocycles. The van der Waals surface area contributed by atoms with Gasteiger partial charge in [0.1, 0.15) is 11.4 Å². The molecule has 0 radical (unpaired) electrons. The maximum Gasteiger partial charge on any atom is 0.341 e. The number of amides is 1. The summed E-state index contributed by atoms with van der Waals surface area (Å²) in [5, 5.41) is 2.93. The summed E-state index contributed by atoms with van der Waals surface area (Å²) in [6, 6.07) is 11.1. The van der Waals surface area contributed by atoms with Crippen molar-refractivity contribution < 1.29 is 23.9 Å². The highest BCUT2D eigenvalue weighted by Gasteiger charge is 2.20. The second-order valence-electron chi connectivity index (χ2n) is 4.74. The smallest absolute Gasteiger partial charge is 0.341 e. The van der Waals surface area contributed by atoms with Crippen LogP contribution in [0.4, 0.5) is 5.00 Å². The number of methoxy groups -OCH3 is 1. The Labute approximate surface area is 143 Å². The molecule has 7 heteroatoms. The standard InChI is InChI=1S/C17H17NO5S/c1-3-23-17(21)12-9-13(11-7-5-4-6-8-11)24-16(12)18-14(19)10-15(20)22-2/h4-9H,3,10H2,1-2H3,(H,18,19). The quantitative estimate of drug-likeness (QED) is 0.641. The lowest BCUT2D eigenvalue weighted by atomic mass is 10.1. The fourth-order valence-corrected chi connectivity index (χ4v) is 3.03. The van der Waals surface area contributed by atoms with E-state index in [0.29, 0.717) is 5.00 Å². The van der Waals surface area contributed by atoms with Crippen molar-refractivity contribution in [3.63, 3.8) is 0 Å². The van der Waals surface area contributed by atoms with E-state index in [2.05, 4.69) is 10.1 Å². The monoisotopic (exact) mass is 347 g/mol. The van der Waals surface area contributed by atoms with E-state index in [1.165, 1.54) is 18.4 Å². The highest BCUT2D eigenvalue weighted by Crippen LogP contribution is 2.36. The average Bonchev–Trinajstić information content (AvgIpc) is 2.99. The van der Waals surface area contributed by atoms with Crippen LogP contribution in [0.5, 0.6) is 0 Å². The predicted octanol–water partition coefficient (Wildman–Crippen LogP) is 3.09. The lowest BCUT2D eigenvalue weighted by Crippen LogP contribution is -2.18. The van der Waals surface area contributed by atoms with Crippen molar-refractivity contribution in [2.45, 2.75) is 13.3 Å². The van der Waals surface area contributed by atoms with Crippen molar-refractivity contribution in [1.82, 2.24) is 0 Å². The van der Waals surface area contributed by atoms with Crippen LogP contribution in [0, 0.1) is 0 Å². The van der Waals surface area contributed by atoms with E-state index in [4.69, 9.17) is 4.74 Å². The third-order valence-corrected chi connectivity index (χ3v) is 4.17. The zero-order valence-electron chi connectivity index (χ0n) is 13.3. The minimum atomic E-state index is -0.648. The van der Waals surface area contributed by atoms with Gasteiger partial charge in [-0.2, -0.15) is 0 Å². The summed E-state index contributed by atoms with van der Waals surface area (Å²) in [7, 11) is 1.21. The summed E-state index contributed by atoms with van der Waals surface area (Å²) in [6.45, 7) is 1.93. The van der Waals surface area contributed by atoms with Crippen LogP contribution in [-0.4, -0.2) is 31.6 Å². The highest BCUT2D eigenvalue weighted by atomic mass is 32.1. The van der Waals surface area contributed by atoms with Crippen molar-refractivity contribution in [2.24, 2.45) is 0 Å². The van der Waals surface area contributed by atoms with Gasteiger partial charge in [0.25, 0.3) is 0 Å². The number of rotatable bonds is 6. The number of benzene rings is 1. The number of carbonyl (C=O) groups is 3. The molecule has 0 fully saturated rings. The molecule has 0 saturated heterocycles. The molecule has 0 spiro atoms. The van der Waals surface area contributed by atoms with Gasteiger partial charge in [0.15, 0.2) is 0 Å². The van der Waals surface area contributed by atoms with Crippen LogP contribution in [0.3, 0.4) is 0 Å². The van der Waals surface area contributed by atoms with Crippen LogP contribution in [0.25, 0.3) is 10.4 Å². The summed E-state index contributed by atoms with van der Waals surface area (Å²) in [5.74, 6) is -1.72. The van der Waals surface area contributed by atoms with E-state index >= 15 is 0 Å². The molecule has 24 heavy (non-hydrogen) atoms. The Morgan fingerprint density at radius 1 is 1.17 bits per heavy atom. The molecule has 1 aromatic heterocycles. The molecule has 0 bridgehead atoms. The summed E-state index contributed by atoms with van der Waals surface area (Å²) in [6.07, 6.45) is -0.419. The number of thiophene rings is 1. The van der Waals surface area contributed by atoms with E-state index in [9.17, 15) is 14.4 Å². The topological polar surface area (TPSA) is 81.7 Å². The molecule has 126 valence electrons. The van der Waals surface area contributed by atoms with Crippen LogP contribution in [0.15, 0.2) is 36.4 Å². The Hall–Kier alpha value is -2.67. The van der Waals surface area contributed by atoms with Gasteiger partial charge < -0.3 is 14.8 Å². The van der Waals surface area contributed by atoms with Gasteiger partial charge in [-0.15, -0.1) is 11.3 Å². The van der Waals surface area contributed by atoms with Crippen LogP contribution < -0.4 is 5.32 Å². The lowest BCUT2D eigenvalue weighted by Gasteiger charge is -2.05. The number of esters is 2. The molecular weight excluding hydrogens is 330 g/mol. The van der Waals surface area contributed by atoms with Gasteiger partial charge in [-0.05, 0) is 18.6 Å². The maximum atomic E-state index is 12.1. The zero-order chi connectivity index (χ0) is 17.5. The highest BCUT2D eigenvalue weighted by molar-refractivity contribution is 7.20. The molecule has 1 aromatic carbocycles. The van der Waals surface area contributed by atoms with Crippen LogP contribution >= 0.6 is 11.3 Å². The van der Waals surface area contributed by atoms with E-state index in [1.54, 1.807) is 13.0 Å². The Kier molecular flexibility index (Phi) is 6.08. The van der Waals surface area contributed by atoms with Crippen molar-refractivity contribution in [3.8, 4) is 10.4 Å². The van der Waals surface area contributed by atoms with Crippen molar-refractivity contribution in [2.75, 3.05) is 19.0 Å². The number of anilines is 1. The van der Waals surface area contributed by atoms with E-state index < -0.39 is 24.3 Å². The fraction of sp³-hybridized carbons (Fsp3) is 0.235.